The largest absolute Gasteiger partial charge is 0.573 e. The van der Waals surface area contributed by atoms with Crippen LogP contribution in [0.25, 0.3) is 0 Å². The highest BCUT2D eigenvalue weighted by Crippen LogP contribution is 2.66. The number of alkyl halides is 3. The topological polar surface area (TPSA) is 58.6 Å². The Balaban J connectivity index is 1.33. The number of carbonyl (C=O) groups excluding carboxylic acids is 2. The van der Waals surface area contributed by atoms with Gasteiger partial charge < -0.3 is 15.0 Å². The van der Waals surface area contributed by atoms with Gasteiger partial charge in [0.05, 0.1) is 0 Å². The first-order chi connectivity index (χ1) is 16.8. The molecule has 5 rings (SSSR count). The highest BCUT2D eigenvalue weighted by atomic mass is 19.4. The van der Waals surface area contributed by atoms with E-state index in [1.807, 2.05) is 11.9 Å². The van der Waals surface area contributed by atoms with E-state index in [0.29, 0.717) is 29.9 Å². The zero-order valence-electron chi connectivity index (χ0n) is 21.4. The molecule has 0 bridgehead atoms. The maximum atomic E-state index is 13.4. The maximum Gasteiger partial charge on any atom is 0.573 e. The van der Waals surface area contributed by atoms with Gasteiger partial charge in [-0.15, -0.1) is 13.2 Å². The Hall–Kier alpha value is -2.51. The van der Waals surface area contributed by atoms with E-state index >= 15 is 0 Å². The number of ether oxygens (including phenoxy) is 1. The lowest BCUT2D eigenvalue weighted by Gasteiger charge is -2.59. The first-order valence-electron chi connectivity index (χ1n) is 13.0. The molecule has 3 aliphatic carbocycles. The molecule has 0 aromatic heterocycles. The van der Waals surface area contributed by atoms with Crippen LogP contribution >= 0.6 is 0 Å². The molecule has 196 valence electrons. The Morgan fingerprint density at radius 1 is 1.08 bits per heavy atom. The van der Waals surface area contributed by atoms with Crippen LogP contribution < -0.4 is 10.1 Å². The van der Waals surface area contributed by atoms with Crippen molar-refractivity contribution in [3.05, 3.63) is 35.5 Å². The Kier molecular flexibility index (Phi) is 5.95. The number of rotatable bonds is 3. The highest BCUT2D eigenvalue weighted by Gasteiger charge is 2.61. The van der Waals surface area contributed by atoms with Crippen LogP contribution in [0.4, 0.5) is 18.9 Å². The summed E-state index contributed by atoms with van der Waals surface area (Å²) in [6, 6.07) is 5.33. The van der Waals surface area contributed by atoms with Gasteiger partial charge in [-0.1, -0.05) is 19.4 Å². The lowest BCUT2D eigenvalue weighted by molar-refractivity contribution is -0.274. The average Bonchev–Trinajstić information content (AvgIpc) is 3.14. The third-order valence-electron chi connectivity index (χ3n) is 9.98. The van der Waals surface area contributed by atoms with Crippen LogP contribution in [0.15, 0.2) is 35.5 Å². The molecular weight excluding hydrogens is 469 g/mol. The van der Waals surface area contributed by atoms with Crippen molar-refractivity contribution in [1.29, 1.82) is 0 Å². The summed E-state index contributed by atoms with van der Waals surface area (Å²) in [5.74, 6) is 1.14. The SMILES string of the molecule is CC1=C2N(C)C(=O)CC[C@]2(C)[C@@H]2CC[C@]3(C)C(C(=O)Nc4ccc(OC(F)(F)F)cc4)CC[C@H]3[C@@H]2C1. The lowest BCUT2D eigenvalue weighted by Crippen LogP contribution is -2.54. The van der Waals surface area contributed by atoms with Crippen molar-refractivity contribution >= 4 is 17.5 Å². The Morgan fingerprint density at radius 3 is 2.44 bits per heavy atom. The van der Waals surface area contributed by atoms with Gasteiger partial charge in [0.25, 0.3) is 0 Å². The van der Waals surface area contributed by atoms with Crippen LogP contribution in [-0.4, -0.2) is 30.1 Å². The van der Waals surface area contributed by atoms with Crippen LogP contribution in [0.3, 0.4) is 0 Å². The van der Waals surface area contributed by atoms with Crippen molar-refractivity contribution in [1.82, 2.24) is 4.90 Å². The molecule has 1 aromatic carbocycles. The summed E-state index contributed by atoms with van der Waals surface area (Å²) in [5.41, 5.74) is 2.90. The number of nitrogens with zero attached hydrogens (tertiary/aromatic N) is 1. The normalized spacial score (nSPS) is 36.2. The molecule has 0 radical (unpaired) electrons. The fourth-order valence-electron chi connectivity index (χ4n) is 8.51. The second-order valence-corrected chi connectivity index (χ2v) is 11.8. The van der Waals surface area contributed by atoms with Crippen LogP contribution in [0.1, 0.15) is 65.7 Å². The number of carbonyl (C=O) groups is 2. The number of fused-ring (bicyclic) bond motifs is 5. The molecule has 4 aliphatic rings. The minimum absolute atomic E-state index is 0.00241. The third kappa shape index (κ3) is 4.01. The minimum Gasteiger partial charge on any atom is -0.406 e. The Morgan fingerprint density at radius 2 is 1.78 bits per heavy atom. The van der Waals surface area contributed by atoms with Gasteiger partial charge >= 0.3 is 6.36 Å². The second-order valence-electron chi connectivity index (χ2n) is 11.8. The van der Waals surface area contributed by atoms with E-state index in [0.717, 1.165) is 38.5 Å². The molecule has 1 aliphatic heterocycles. The molecule has 1 N–H and O–H groups in total. The van der Waals surface area contributed by atoms with Crippen molar-refractivity contribution in [2.45, 2.75) is 72.1 Å². The monoisotopic (exact) mass is 504 g/mol. The van der Waals surface area contributed by atoms with E-state index in [1.165, 1.54) is 35.5 Å². The van der Waals surface area contributed by atoms with Crippen molar-refractivity contribution in [3.8, 4) is 5.75 Å². The predicted octanol–water partition coefficient (Wildman–Crippen LogP) is 6.52. The van der Waals surface area contributed by atoms with Crippen molar-refractivity contribution < 1.29 is 27.5 Å². The molecule has 5 nitrogen and oxygen atoms in total. The van der Waals surface area contributed by atoms with Gasteiger partial charge in [0.15, 0.2) is 0 Å². The van der Waals surface area contributed by atoms with Gasteiger partial charge in [0, 0.05) is 36.2 Å². The van der Waals surface area contributed by atoms with E-state index in [1.54, 1.807) is 0 Å². The molecular formula is C28H35F3N2O3. The molecule has 0 spiro atoms. The second kappa shape index (κ2) is 8.52. The molecule has 36 heavy (non-hydrogen) atoms. The molecule has 1 heterocycles. The fraction of sp³-hybridized carbons (Fsp3) is 0.643. The lowest BCUT2D eigenvalue weighted by atomic mass is 9.48. The molecule has 2 saturated carbocycles. The summed E-state index contributed by atoms with van der Waals surface area (Å²) >= 11 is 0. The Bertz CT molecular complexity index is 1100. The number of halogens is 3. The summed E-state index contributed by atoms with van der Waals surface area (Å²) in [6.45, 7) is 6.79. The molecule has 2 amide bonds. The molecule has 1 saturated heterocycles. The minimum atomic E-state index is -4.75. The number of benzene rings is 1. The van der Waals surface area contributed by atoms with E-state index in [-0.39, 0.29) is 34.3 Å². The first-order valence-corrected chi connectivity index (χ1v) is 13.0. The van der Waals surface area contributed by atoms with Crippen LogP contribution in [-0.2, 0) is 9.59 Å². The zero-order valence-corrected chi connectivity index (χ0v) is 21.4. The van der Waals surface area contributed by atoms with Gasteiger partial charge in [0.2, 0.25) is 11.8 Å². The van der Waals surface area contributed by atoms with E-state index < -0.39 is 6.36 Å². The van der Waals surface area contributed by atoms with E-state index in [2.05, 4.69) is 30.8 Å². The van der Waals surface area contributed by atoms with Crippen molar-refractivity contribution in [2.24, 2.45) is 34.5 Å². The number of nitrogens with one attached hydrogen (secondary N) is 1. The summed E-state index contributed by atoms with van der Waals surface area (Å²) in [7, 11) is 1.92. The van der Waals surface area contributed by atoms with Crippen LogP contribution in [0, 0.1) is 34.5 Å². The van der Waals surface area contributed by atoms with Crippen LogP contribution in [0.2, 0.25) is 0 Å². The zero-order chi connectivity index (χ0) is 26.0. The number of anilines is 1. The van der Waals surface area contributed by atoms with Crippen molar-refractivity contribution in [3.63, 3.8) is 0 Å². The number of likely N-dealkylation sites (tertiary alicyclic amines) is 1. The van der Waals surface area contributed by atoms with Crippen molar-refractivity contribution in [2.75, 3.05) is 12.4 Å². The first kappa shape index (κ1) is 25.2. The fourth-order valence-corrected chi connectivity index (χ4v) is 8.51. The van der Waals surface area contributed by atoms with Gasteiger partial charge in [-0.3, -0.25) is 9.59 Å². The summed E-state index contributed by atoms with van der Waals surface area (Å²) in [5, 5.41) is 2.95. The molecule has 1 aromatic rings. The summed E-state index contributed by atoms with van der Waals surface area (Å²) in [4.78, 5) is 27.8. The maximum absolute atomic E-state index is 13.4. The van der Waals surface area contributed by atoms with Gasteiger partial charge in [-0.05, 0) is 92.9 Å². The molecule has 1 unspecified atom stereocenters. The number of hydrogen-bond acceptors (Lipinski definition) is 3. The van der Waals surface area contributed by atoms with Gasteiger partial charge in [0.1, 0.15) is 5.75 Å². The average molecular weight is 505 g/mol. The predicted molar refractivity (Wildman–Crippen MR) is 130 cm³/mol. The smallest absolute Gasteiger partial charge is 0.406 e. The highest BCUT2D eigenvalue weighted by molar-refractivity contribution is 5.93. The van der Waals surface area contributed by atoms with Gasteiger partial charge in [-0.25, -0.2) is 0 Å². The van der Waals surface area contributed by atoms with E-state index in [4.69, 9.17) is 0 Å². The number of piperidine rings is 1. The quantitative estimate of drug-likeness (QED) is 0.510. The molecule has 3 fully saturated rings. The third-order valence-corrected chi connectivity index (χ3v) is 9.98. The van der Waals surface area contributed by atoms with Gasteiger partial charge in [-0.2, -0.15) is 0 Å². The number of allylic oxidation sites excluding steroid dienone is 2. The van der Waals surface area contributed by atoms with E-state index in [9.17, 15) is 22.8 Å². The van der Waals surface area contributed by atoms with Crippen LogP contribution in [0.5, 0.6) is 5.75 Å². The summed E-state index contributed by atoms with van der Waals surface area (Å²) in [6.07, 6.45) is 1.54. The number of amides is 2. The molecule has 6 atom stereocenters. The Labute approximate surface area is 210 Å². The standard InChI is InChI=1S/C28H35F3N2O3/c1-16-15-19-20-9-10-22(25(35)32-17-5-7-18(8-6-17)36-28(29,30)31)26(20,2)13-11-21(19)27(3)14-12-23(34)33(4)24(16)27/h5-8,19-22H,9-15H2,1-4H3,(H,32,35)/t19-,20-,21+,22?,26-,27+/m0/s1. The molecule has 8 heteroatoms. The summed E-state index contributed by atoms with van der Waals surface area (Å²) < 4.78 is 41.2. The number of hydrogen-bond donors (Lipinski definition) is 1.